The first kappa shape index (κ1) is 16.7. The molecule has 1 fully saturated rings. The number of halogens is 2. The Morgan fingerprint density at radius 1 is 1.48 bits per heavy atom. The average Bonchev–Trinajstić information content (AvgIpc) is 2.48. The van der Waals surface area contributed by atoms with Crippen LogP contribution >= 0.6 is 11.6 Å². The fraction of sp³-hybridized carbons (Fsp3) is 0.571. The van der Waals surface area contributed by atoms with E-state index in [0.29, 0.717) is 19.5 Å². The topological polar surface area (TPSA) is 49.4 Å². The highest BCUT2D eigenvalue weighted by molar-refractivity contribution is 7.89. The predicted octanol–water partition coefficient (Wildman–Crippen LogP) is 2.63. The van der Waals surface area contributed by atoms with Crippen LogP contribution in [0.5, 0.6) is 0 Å². The second kappa shape index (κ2) is 7.05. The van der Waals surface area contributed by atoms with Gasteiger partial charge in [0.15, 0.2) is 5.82 Å². The van der Waals surface area contributed by atoms with Gasteiger partial charge in [0.05, 0.1) is 5.02 Å². The van der Waals surface area contributed by atoms with Crippen molar-refractivity contribution in [3.63, 3.8) is 0 Å². The minimum Gasteiger partial charge on any atom is -0.315 e. The Morgan fingerprint density at radius 3 is 2.86 bits per heavy atom. The summed E-state index contributed by atoms with van der Waals surface area (Å²) in [7, 11) is -3.88. The van der Waals surface area contributed by atoms with Crippen LogP contribution in [0.25, 0.3) is 0 Å². The summed E-state index contributed by atoms with van der Waals surface area (Å²) in [5.74, 6) is -0.871. The van der Waals surface area contributed by atoms with E-state index in [2.05, 4.69) is 5.32 Å². The standard InChI is InChI=1S/C14H20ClFN2O2S/c1-2-9-18(11-5-4-8-17-10-11)21(19,20)13-7-3-6-12(15)14(13)16/h3,6-7,11,17H,2,4-5,8-10H2,1H3. The molecule has 2 rings (SSSR count). The normalized spacial score (nSPS) is 19.9. The number of piperidine rings is 1. The number of hydrogen-bond acceptors (Lipinski definition) is 3. The molecule has 0 saturated carbocycles. The summed E-state index contributed by atoms with van der Waals surface area (Å²) < 4.78 is 41.1. The molecule has 0 aromatic heterocycles. The van der Waals surface area contributed by atoms with Crippen molar-refractivity contribution in [2.24, 2.45) is 0 Å². The lowest BCUT2D eigenvalue weighted by atomic mass is 10.1. The minimum absolute atomic E-state index is 0.137. The van der Waals surface area contributed by atoms with Crippen LogP contribution in [-0.4, -0.2) is 38.4 Å². The van der Waals surface area contributed by atoms with Gasteiger partial charge in [-0.2, -0.15) is 4.31 Å². The fourth-order valence-corrected chi connectivity index (χ4v) is 4.67. The van der Waals surface area contributed by atoms with Crippen LogP contribution in [-0.2, 0) is 10.0 Å². The number of sulfonamides is 1. The Labute approximate surface area is 130 Å². The van der Waals surface area contributed by atoms with Crippen LogP contribution in [0.3, 0.4) is 0 Å². The molecule has 0 aliphatic carbocycles. The maximum Gasteiger partial charge on any atom is 0.246 e. The van der Waals surface area contributed by atoms with Crippen molar-refractivity contribution in [2.45, 2.75) is 37.1 Å². The molecule has 1 unspecified atom stereocenters. The van der Waals surface area contributed by atoms with Gasteiger partial charge in [-0.25, -0.2) is 12.8 Å². The zero-order valence-corrected chi connectivity index (χ0v) is 13.6. The molecule has 1 N–H and O–H groups in total. The van der Waals surface area contributed by atoms with Gasteiger partial charge in [-0.15, -0.1) is 0 Å². The van der Waals surface area contributed by atoms with E-state index in [1.54, 1.807) is 0 Å². The minimum atomic E-state index is -3.88. The molecule has 21 heavy (non-hydrogen) atoms. The summed E-state index contributed by atoms with van der Waals surface area (Å²) in [6.45, 7) is 3.77. The first-order chi connectivity index (χ1) is 9.98. The lowest BCUT2D eigenvalue weighted by molar-refractivity contribution is 0.265. The molecule has 7 heteroatoms. The summed E-state index contributed by atoms with van der Waals surface area (Å²) in [5.41, 5.74) is 0. The van der Waals surface area contributed by atoms with Crippen molar-refractivity contribution < 1.29 is 12.8 Å². The first-order valence-corrected chi connectivity index (χ1v) is 8.97. The Kier molecular flexibility index (Phi) is 5.60. The maximum atomic E-state index is 14.1. The number of nitrogens with one attached hydrogen (secondary N) is 1. The molecule has 4 nitrogen and oxygen atoms in total. The van der Waals surface area contributed by atoms with Crippen molar-refractivity contribution in [1.82, 2.24) is 9.62 Å². The van der Waals surface area contributed by atoms with Crippen LogP contribution in [0.15, 0.2) is 23.1 Å². The molecule has 1 aromatic rings. The van der Waals surface area contributed by atoms with E-state index in [-0.39, 0.29) is 16.0 Å². The smallest absolute Gasteiger partial charge is 0.246 e. The van der Waals surface area contributed by atoms with Gasteiger partial charge < -0.3 is 5.32 Å². The molecule has 1 aliphatic rings. The Morgan fingerprint density at radius 2 is 2.24 bits per heavy atom. The second-order valence-corrected chi connectivity index (χ2v) is 7.43. The van der Waals surface area contributed by atoms with Crippen molar-refractivity contribution in [1.29, 1.82) is 0 Å². The van der Waals surface area contributed by atoms with E-state index in [4.69, 9.17) is 11.6 Å². The van der Waals surface area contributed by atoms with E-state index in [9.17, 15) is 12.8 Å². The molecule has 1 aromatic carbocycles. The Hall–Kier alpha value is -0.690. The number of nitrogens with zero attached hydrogens (tertiary/aromatic N) is 1. The van der Waals surface area contributed by atoms with E-state index in [1.807, 2.05) is 6.92 Å². The van der Waals surface area contributed by atoms with Crippen molar-refractivity contribution in [3.05, 3.63) is 29.0 Å². The molecule has 0 amide bonds. The van der Waals surface area contributed by atoms with Gasteiger partial charge in [0.1, 0.15) is 4.90 Å². The zero-order chi connectivity index (χ0) is 15.5. The summed E-state index contributed by atoms with van der Waals surface area (Å²) in [5, 5.41) is 3.03. The largest absolute Gasteiger partial charge is 0.315 e. The van der Waals surface area contributed by atoms with Gasteiger partial charge >= 0.3 is 0 Å². The molecule has 1 heterocycles. The molecule has 1 atom stereocenters. The van der Waals surface area contributed by atoms with Gasteiger partial charge in [0.25, 0.3) is 0 Å². The molecule has 0 radical (unpaired) electrons. The quantitative estimate of drug-likeness (QED) is 0.900. The van der Waals surface area contributed by atoms with E-state index < -0.39 is 15.8 Å². The third kappa shape index (κ3) is 3.56. The SMILES string of the molecule is CCCN(C1CCCNC1)S(=O)(=O)c1cccc(Cl)c1F. The molecule has 1 aliphatic heterocycles. The van der Waals surface area contributed by atoms with E-state index in [0.717, 1.165) is 19.4 Å². The predicted molar refractivity (Wildman–Crippen MR) is 81.5 cm³/mol. The summed E-state index contributed by atoms with van der Waals surface area (Å²) in [4.78, 5) is -0.339. The van der Waals surface area contributed by atoms with Gasteiger partial charge in [0, 0.05) is 19.1 Å². The summed E-state index contributed by atoms with van der Waals surface area (Å²) in [6, 6.07) is 3.95. The Balaban J connectivity index is 2.39. The van der Waals surface area contributed by atoms with Crippen molar-refractivity contribution >= 4 is 21.6 Å². The van der Waals surface area contributed by atoms with Crippen molar-refractivity contribution in [3.8, 4) is 0 Å². The molecular formula is C14H20ClFN2O2S. The number of hydrogen-bond donors (Lipinski definition) is 1. The van der Waals surface area contributed by atoms with E-state index >= 15 is 0 Å². The molecule has 118 valence electrons. The van der Waals surface area contributed by atoms with Gasteiger partial charge in [-0.3, -0.25) is 0 Å². The molecule has 0 spiro atoms. The number of rotatable bonds is 5. The monoisotopic (exact) mass is 334 g/mol. The van der Waals surface area contributed by atoms with Crippen LogP contribution in [0.1, 0.15) is 26.2 Å². The van der Waals surface area contributed by atoms with E-state index in [1.165, 1.54) is 22.5 Å². The highest BCUT2D eigenvalue weighted by Crippen LogP contribution is 2.27. The second-order valence-electron chi connectivity index (χ2n) is 5.17. The van der Waals surface area contributed by atoms with Gasteiger partial charge in [-0.1, -0.05) is 24.6 Å². The fourth-order valence-electron chi connectivity index (χ4n) is 2.61. The van der Waals surface area contributed by atoms with Crippen LogP contribution in [0.4, 0.5) is 4.39 Å². The van der Waals surface area contributed by atoms with Crippen LogP contribution < -0.4 is 5.32 Å². The third-order valence-electron chi connectivity index (χ3n) is 3.62. The third-order valence-corrected chi connectivity index (χ3v) is 5.89. The summed E-state index contributed by atoms with van der Waals surface area (Å²) in [6.07, 6.45) is 2.38. The number of benzene rings is 1. The average molecular weight is 335 g/mol. The maximum absolute atomic E-state index is 14.1. The molecular weight excluding hydrogens is 315 g/mol. The van der Waals surface area contributed by atoms with Gasteiger partial charge in [0.2, 0.25) is 10.0 Å². The zero-order valence-electron chi connectivity index (χ0n) is 12.0. The lowest BCUT2D eigenvalue weighted by Gasteiger charge is -2.33. The van der Waals surface area contributed by atoms with Crippen molar-refractivity contribution in [2.75, 3.05) is 19.6 Å². The van der Waals surface area contributed by atoms with Gasteiger partial charge in [-0.05, 0) is 37.9 Å². The highest BCUT2D eigenvalue weighted by atomic mass is 35.5. The van der Waals surface area contributed by atoms with Crippen LogP contribution in [0.2, 0.25) is 5.02 Å². The molecule has 1 saturated heterocycles. The lowest BCUT2D eigenvalue weighted by Crippen LogP contribution is -2.49. The highest BCUT2D eigenvalue weighted by Gasteiger charge is 2.33. The van der Waals surface area contributed by atoms with Crippen LogP contribution in [0, 0.1) is 5.82 Å². The summed E-state index contributed by atoms with van der Waals surface area (Å²) >= 11 is 5.72. The Bertz CT molecular complexity index is 589. The molecule has 0 bridgehead atoms. The first-order valence-electron chi connectivity index (χ1n) is 7.15.